The molecular formula is C32H39BrClN3O4S. The largest absolute Gasteiger partial charge is 0.354 e. The van der Waals surface area contributed by atoms with Crippen molar-refractivity contribution in [2.75, 3.05) is 23.7 Å². The smallest absolute Gasteiger partial charge is 0.243 e. The van der Waals surface area contributed by atoms with Gasteiger partial charge in [-0.3, -0.25) is 13.9 Å². The van der Waals surface area contributed by atoms with Gasteiger partial charge in [-0.15, -0.1) is 0 Å². The number of anilines is 1. The first-order valence-corrected chi connectivity index (χ1v) is 17.1. The fourth-order valence-corrected chi connectivity index (χ4v) is 6.35. The van der Waals surface area contributed by atoms with Crippen molar-refractivity contribution in [1.29, 1.82) is 0 Å². The Morgan fingerprint density at radius 3 is 2.36 bits per heavy atom. The molecule has 42 heavy (non-hydrogen) atoms. The highest BCUT2D eigenvalue weighted by Gasteiger charge is 2.30. The summed E-state index contributed by atoms with van der Waals surface area (Å²) in [4.78, 5) is 29.1. The van der Waals surface area contributed by atoms with E-state index < -0.39 is 16.1 Å². The van der Waals surface area contributed by atoms with Crippen molar-refractivity contribution in [2.45, 2.75) is 58.5 Å². The van der Waals surface area contributed by atoms with E-state index in [4.69, 9.17) is 11.6 Å². The standard InChI is InChI=1S/C32H39BrClN3O4S/c1-4-5-18-35-32(39)30(21-25-11-7-6-8-12-25)36(23-26-13-9-14-27(33)20-26)31(38)15-10-19-37(42(3,40)41)29-22-28(34)17-16-24(29)2/h6-9,11-14,16-17,20,22,30H,4-5,10,15,18-19,21,23H2,1-3H3,(H,35,39). The molecule has 226 valence electrons. The quantitative estimate of drug-likeness (QED) is 0.186. The predicted molar refractivity (Wildman–Crippen MR) is 174 cm³/mol. The molecule has 0 saturated heterocycles. The van der Waals surface area contributed by atoms with Crippen LogP contribution in [0.3, 0.4) is 0 Å². The van der Waals surface area contributed by atoms with Gasteiger partial charge in [0.05, 0.1) is 11.9 Å². The lowest BCUT2D eigenvalue weighted by atomic mass is 10.0. The predicted octanol–water partition coefficient (Wildman–Crippen LogP) is 6.51. The molecule has 0 radical (unpaired) electrons. The third-order valence-corrected chi connectivity index (χ3v) is 8.84. The van der Waals surface area contributed by atoms with E-state index in [0.717, 1.165) is 40.3 Å². The number of hydrogen-bond acceptors (Lipinski definition) is 4. The van der Waals surface area contributed by atoms with Crippen LogP contribution in [0, 0.1) is 6.92 Å². The number of sulfonamides is 1. The zero-order chi connectivity index (χ0) is 30.7. The summed E-state index contributed by atoms with van der Waals surface area (Å²) in [7, 11) is -3.63. The van der Waals surface area contributed by atoms with E-state index in [1.165, 1.54) is 4.31 Å². The van der Waals surface area contributed by atoms with Crippen molar-refractivity contribution in [3.05, 3.63) is 99.0 Å². The summed E-state index contributed by atoms with van der Waals surface area (Å²) in [5, 5.41) is 3.45. The highest BCUT2D eigenvalue weighted by atomic mass is 79.9. The van der Waals surface area contributed by atoms with Crippen LogP contribution < -0.4 is 9.62 Å². The highest BCUT2D eigenvalue weighted by molar-refractivity contribution is 9.10. The average Bonchev–Trinajstić information content (AvgIpc) is 2.94. The molecule has 0 aliphatic carbocycles. The Labute approximate surface area is 263 Å². The number of nitrogens with zero attached hydrogens (tertiary/aromatic N) is 2. The van der Waals surface area contributed by atoms with Crippen molar-refractivity contribution in [3.63, 3.8) is 0 Å². The molecule has 3 aromatic rings. The van der Waals surface area contributed by atoms with E-state index in [9.17, 15) is 18.0 Å². The number of benzene rings is 3. The van der Waals surface area contributed by atoms with Gasteiger partial charge in [0, 0.05) is 42.0 Å². The summed E-state index contributed by atoms with van der Waals surface area (Å²) < 4.78 is 27.6. The molecule has 0 aliphatic rings. The molecule has 7 nitrogen and oxygen atoms in total. The number of aryl methyl sites for hydroxylation is 1. The Balaban J connectivity index is 1.89. The molecule has 0 fully saturated rings. The molecule has 0 aliphatic heterocycles. The van der Waals surface area contributed by atoms with Crippen LogP contribution in [0.2, 0.25) is 5.02 Å². The van der Waals surface area contributed by atoms with Crippen LogP contribution in [0.4, 0.5) is 5.69 Å². The fraction of sp³-hybridized carbons (Fsp3) is 0.375. The molecule has 0 aromatic heterocycles. The molecule has 3 rings (SSSR count). The Kier molecular flexibility index (Phi) is 12.9. The number of carbonyl (C=O) groups is 2. The van der Waals surface area contributed by atoms with Crippen LogP contribution in [0.5, 0.6) is 0 Å². The molecule has 0 saturated carbocycles. The summed E-state index contributed by atoms with van der Waals surface area (Å²) in [6, 6.07) is 21.7. The second-order valence-corrected chi connectivity index (χ2v) is 13.6. The maximum absolute atomic E-state index is 13.9. The van der Waals surface area contributed by atoms with E-state index in [-0.39, 0.29) is 37.7 Å². The van der Waals surface area contributed by atoms with Gasteiger partial charge in [-0.05, 0) is 60.7 Å². The molecule has 0 spiro atoms. The number of amides is 2. The van der Waals surface area contributed by atoms with Crippen LogP contribution >= 0.6 is 27.5 Å². The Hall–Kier alpha value is -2.88. The molecule has 2 amide bonds. The first-order chi connectivity index (χ1) is 20.0. The summed E-state index contributed by atoms with van der Waals surface area (Å²) in [6.07, 6.45) is 3.61. The first-order valence-electron chi connectivity index (χ1n) is 14.1. The molecule has 3 aromatic carbocycles. The van der Waals surface area contributed by atoms with Gasteiger partial charge in [0.15, 0.2) is 0 Å². The Bertz CT molecular complexity index is 1450. The molecule has 10 heteroatoms. The molecule has 0 heterocycles. The van der Waals surface area contributed by atoms with Crippen LogP contribution in [0.25, 0.3) is 0 Å². The number of nitrogens with one attached hydrogen (secondary N) is 1. The molecule has 1 unspecified atom stereocenters. The second kappa shape index (κ2) is 16.1. The van der Waals surface area contributed by atoms with E-state index in [0.29, 0.717) is 23.7 Å². The van der Waals surface area contributed by atoms with Gasteiger partial charge in [0.2, 0.25) is 21.8 Å². The number of halogens is 2. The van der Waals surface area contributed by atoms with Crippen molar-refractivity contribution in [3.8, 4) is 0 Å². The van der Waals surface area contributed by atoms with Gasteiger partial charge in [-0.25, -0.2) is 8.42 Å². The zero-order valence-corrected chi connectivity index (χ0v) is 27.5. The number of hydrogen-bond donors (Lipinski definition) is 1. The van der Waals surface area contributed by atoms with Gasteiger partial charge < -0.3 is 10.2 Å². The summed E-state index contributed by atoms with van der Waals surface area (Å²) >= 11 is 9.68. The third kappa shape index (κ3) is 10.1. The van der Waals surface area contributed by atoms with Gasteiger partial charge in [0.25, 0.3) is 0 Å². The highest BCUT2D eigenvalue weighted by Crippen LogP contribution is 2.27. The number of rotatable bonds is 15. The van der Waals surface area contributed by atoms with Crippen LogP contribution in [0.1, 0.15) is 49.3 Å². The number of carbonyl (C=O) groups excluding carboxylic acids is 2. The van der Waals surface area contributed by atoms with Crippen molar-refractivity contribution in [2.24, 2.45) is 0 Å². The van der Waals surface area contributed by atoms with Gasteiger partial charge in [0.1, 0.15) is 6.04 Å². The molecule has 1 N–H and O–H groups in total. The van der Waals surface area contributed by atoms with Crippen LogP contribution in [-0.2, 0) is 32.6 Å². The van der Waals surface area contributed by atoms with E-state index in [1.807, 2.05) is 61.5 Å². The molecule has 1 atom stereocenters. The molecule has 0 bridgehead atoms. The van der Waals surface area contributed by atoms with Crippen LogP contribution in [0.15, 0.2) is 77.3 Å². The van der Waals surface area contributed by atoms with Crippen LogP contribution in [-0.4, -0.2) is 50.5 Å². The Morgan fingerprint density at radius 1 is 0.976 bits per heavy atom. The van der Waals surface area contributed by atoms with Crippen molar-refractivity contribution >= 4 is 55.1 Å². The van der Waals surface area contributed by atoms with E-state index >= 15 is 0 Å². The normalized spacial score (nSPS) is 12.0. The van der Waals surface area contributed by atoms with Crippen molar-refractivity contribution in [1.82, 2.24) is 10.2 Å². The monoisotopic (exact) mass is 675 g/mol. The van der Waals surface area contributed by atoms with Gasteiger partial charge in [-0.2, -0.15) is 0 Å². The third-order valence-electron chi connectivity index (χ3n) is 6.93. The summed E-state index contributed by atoms with van der Waals surface area (Å²) in [5.41, 5.74) is 3.07. The zero-order valence-electron chi connectivity index (χ0n) is 24.4. The minimum absolute atomic E-state index is 0.0627. The lowest BCUT2D eigenvalue weighted by molar-refractivity contribution is -0.141. The molecular weight excluding hydrogens is 638 g/mol. The van der Waals surface area contributed by atoms with Crippen molar-refractivity contribution < 1.29 is 18.0 Å². The van der Waals surface area contributed by atoms with Gasteiger partial charge >= 0.3 is 0 Å². The number of unbranched alkanes of at least 4 members (excludes halogenated alkanes) is 1. The second-order valence-electron chi connectivity index (χ2n) is 10.4. The fourth-order valence-electron chi connectivity index (χ4n) is 4.73. The maximum atomic E-state index is 13.9. The minimum Gasteiger partial charge on any atom is -0.354 e. The van der Waals surface area contributed by atoms with E-state index in [2.05, 4.69) is 28.2 Å². The summed E-state index contributed by atoms with van der Waals surface area (Å²) in [5.74, 6) is -0.430. The minimum atomic E-state index is -3.63. The Morgan fingerprint density at radius 2 is 1.69 bits per heavy atom. The topological polar surface area (TPSA) is 86.8 Å². The lowest BCUT2D eigenvalue weighted by Gasteiger charge is -2.32. The maximum Gasteiger partial charge on any atom is 0.243 e. The average molecular weight is 677 g/mol. The summed E-state index contributed by atoms with van der Waals surface area (Å²) in [6.45, 7) is 4.74. The SMILES string of the molecule is CCCCNC(=O)C(Cc1ccccc1)N(Cc1cccc(Br)c1)C(=O)CCCN(c1cc(Cl)ccc1C)S(C)(=O)=O. The first kappa shape index (κ1) is 33.6. The van der Waals surface area contributed by atoms with Gasteiger partial charge in [-0.1, -0.05) is 89.4 Å². The lowest BCUT2D eigenvalue weighted by Crippen LogP contribution is -2.50. The van der Waals surface area contributed by atoms with E-state index in [1.54, 1.807) is 23.1 Å².